The van der Waals surface area contributed by atoms with Crippen LogP contribution in [0.15, 0.2) is 18.3 Å². The van der Waals surface area contributed by atoms with Gasteiger partial charge in [-0.15, -0.1) is 0 Å². The Bertz CT molecular complexity index is 651. The molecule has 0 aromatic carbocycles. The minimum absolute atomic E-state index is 0.170. The fraction of sp³-hybridized carbons (Fsp3) is 0.429. The van der Waals surface area contributed by atoms with Gasteiger partial charge in [-0.1, -0.05) is 0 Å². The molecule has 0 atom stereocenters. The lowest BCUT2D eigenvalue weighted by atomic mass is 10.2. The number of aromatic nitrogens is 3. The Balaban J connectivity index is 2.27. The standard InChI is InChI=1S/C14H17N3O4/c1-3-20-11(18)7-9-17-13-10(6-5-8-15-13)12(16-17)14(19)21-4-2/h5-6,8H,3-4,7,9H2,1-2H3. The van der Waals surface area contributed by atoms with Crippen LogP contribution >= 0.6 is 0 Å². The minimum atomic E-state index is -0.495. The van der Waals surface area contributed by atoms with Crippen LogP contribution in [0.1, 0.15) is 30.8 Å². The second-order valence-corrected chi connectivity index (χ2v) is 4.22. The first-order valence-corrected chi connectivity index (χ1v) is 6.81. The van der Waals surface area contributed by atoms with Gasteiger partial charge in [0, 0.05) is 6.20 Å². The minimum Gasteiger partial charge on any atom is -0.466 e. The van der Waals surface area contributed by atoms with Gasteiger partial charge in [-0.25, -0.2) is 14.5 Å². The molecule has 0 unspecified atom stereocenters. The summed E-state index contributed by atoms with van der Waals surface area (Å²) in [6, 6.07) is 3.48. The molecule has 0 bridgehead atoms. The third kappa shape index (κ3) is 3.36. The molecule has 2 aromatic heterocycles. The first-order chi connectivity index (χ1) is 10.2. The number of pyridine rings is 1. The van der Waals surface area contributed by atoms with Crippen molar-refractivity contribution in [3.63, 3.8) is 0 Å². The molecule has 7 heteroatoms. The van der Waals surface area contributed by atoms with Gasteiger partial charge in [-0.3, -0.25) is 4.79 Å². The van der Waals surface area contributed by atoms with E-state index in [4.69, 9.17) is 9.47 Å². The van der Waals surface area contributed by atoms with E-state index in [9.17, 15) is 9.59 Å². The van der Waals surface area contributed by atoms with E-state index in [-0.39, 0.29) is 24.7 Å². The van der Waals surface area contributed by atoms with Gasteiger partial charge in [0.05, 0.1) is 31.6 Å². The summed E-state index contributed by atoms with van der Waals surface area (Å²) >= 11 is 0. The van der Waals surface area contributed by atoms with E-state index in [0.29, 0.717) is 24.2 Å². The van der Waals surface area contributed by atoms with E-state index in [1.807, 2.05) is 0 Å². The van der Waals surface area contributed by atoms with Crippen molar-refractivity contribution in [1.82, 2.24) is 14.8 Å². The van der Waals surface area contributed by atoms with E-state index >= 15 is 0 Å². The van der Waals surface area contributed by atoms with Crippen LogP contribution in [-0.2, 0) is 20.8 Å². The maximum atomic E-state index is 11.9. The average Bonchev–Trinajstić information content (AvgIpc) is 2.85. The Labute approximate surface area is 121 Å². The topological polar surface area (TPSA) is 83.3 Å². The Kier molecular flexibility index (Phi) is 4.86. The monoisotopic (exact) mass is 291 g/mol. The number of aryl methyl sites for hydroxylation is 1. The molecule has 2 rings (SSSR count). The Morgan fingerprint density at radius 2 is 2.00 bits per heavy atom. The number of carbonyl (C=O) groups excluding carboxylic acids is 2. The predicted octanol–water partition coefficient (Wildman–Crippen LogP) is 1.56. The summed E-state index contributed by atoms with van der Waals surface area (Å²) in [6.07, 6.45) is 1.78. The number of hydrogen-bond donors (Lipinski definition) is 0. The highest BCUT2D eigenvalue weighted by molar-refractivity contribution is 6.01. The van der Waals surface area contributed by atoms with E-state index in [0.717, 1.165) is 0 Å². The van der Waals surface area contributed by atoms with E-state index in [1.165, 1.54) is 4.68 Å². The number of rotatable bonds is 6. The van der Waals surface area contributed by atoms with E-state index in [1.54, 1.807) is 32.2 Å². The molecule has 0 aliphatic heterocycles. The molecular weight excluding hydrogens is 274 g/mol. The molecule has 0 spiro atoms. The number of nitrogens with zero attached hydrogens (tertiary/aromatic N) is 3. The summed E-state index contributed by atoms with van der Waals surface area (Å²) in [6.45, 7) is 4.39. The molecule has 0 aliphatic rings. The van der Waals surface area contributed by atoms with Crippen molar-refractivity contribution >= 4 is 23.0 Å². The fourth-order valence-electron chi connectivity index (χ4n) is 1.95. The first kappa shape index (κ1) is 15.0. The molecule has 7 nitrogen and oxygen atoms in total. The number of esters is 2. The highest BCUT2D eigenvalue weighted by Gasteiger charge is 2.19. The molecule has 2 aromatic rings. The van der Waals surface area contributed by atoms with Crippen LogP contribution in [0.3, 0.4) is 0 Å². The number of fused-ring (bicyclic) bond motifs is 1. The molecule has 0 N–H and O–H groups in total. The van der Waals surface area contributed by atoms with Crippen molar-refractivity contribution in [1.29, 1.82) is 0 Å². The molecule has 0 saturated heterocycles. The van der Waals surface area contributed by atoms with Crippen molar-refractivity contribution in [2.24, 2.45) is 0 Å². The van der Waals surface area contributed by atoms with Gasteiger partial charge in [0.15, 0.2) is 11.3 Å². The van der Waals surface area contributed by atoms with Crippen LogP contribution in [-0.4, -0.2) is 39.9 Å². The smallest absolute Gasteiger partial charge is 0.359 e. The summed E-state index contributed by atoms with van der Waals surface area (Å²) in [5, 5.41) is 4.82. The van der Waals surface area contributed by atoms with Crippen molar-refractivity contribution < 1.29 is 19.1 Å². The molecule has 0 amide bonds. The van der Waals surface area contributed by atoms with E-state index in [2.05, 4.69) is 10.1 Å². The lowest BCUT2D eigenvalue weighted by Crippen LogP contribution is -2.11. The molecule has 0 saturated carbocycles. The van der Waals surface area contributed by atoms with Crippen LogP contribution in [0, 0.1) is 0 Å². The van der Waals surface area contributed by atoms with Crippen molar-refractivity contribution in [2.45, 2.75) is 26.8 Å². The number of hydrogen-bond acceptors (Lipinski definition) is 6. The average molecular weight is 291 g/mol. The second-order valence-electron chi connectivity index (χ2n) is 4.22. The molecule has 0 radical (unpaired) electrons. The lowest BCUT2D eigenvalue weighted by Gasteiger charge is -2.02. The third-order valence-electron chi connectivity index (χ3n) is 2.81. The summed E-state index contributed by atoms with van der Waals surface area (Å²) < 4.78 is 11.4. The quantitative estimate of drug-likeness (QED) is 0.751. The molecule has 0 fully saturated rings. The van der Waals surface area contributed by atoms with Gasteiger partial charge in [0.2, 0.25) is 0 Å². The second kappa shape index (κ2) is 6.83. The Morgan fingerprint density at radius 1 is 1.24 bits per heavy atom. The van der Waals surface area contributed by atoms with Gasteiger partial charge in [-0.2, -0.15) is 5.10 Å². The van der Waals surface area contributed by atoms with Gasteiger partial charge >= 0.3 is 11.9 Å². The zero-order valence-electron chi connectivity index (χ0n) is 12.0. The zero-order chi connectivity index (χ0) is 15.2. The summed E-state index contributed by atoms with van der Waals surface area (Å²) in [7, 11) is 0. The number of carbonyl (C=O) groups is 2. The lowest BCUT2D eigenvalue weighted by molar-refractivity contribution is -0.143. The Hall–Kier alpha value is -2.44. The van der Waals surface area contributed by atoms with Crippen LogP contribution < -0.4 is 0 Å². The maximum absolute atomic E-state index is 11.9. The summed E-state index contributed by atoms with van der Waals surface area (Å²) in [4.78, 5) is 27.5. The molecular formula is C14H17N3O4. The van der Waals surface area contributed by atoms with Crippen molar-refractivity contribution in [3.8, 4) is 0 Å². The molecule has 2 heterocycles. The fourth-order valence-corrected chi connectivity index (χ4v) is 1.95. The van der Waals surface area contributed by atoms with Gasteiger partial charge in [0.25, 0.3) is 0 Å². The van der Waals surface area contributed by atoms with Crippen LogP contribution in [0.25, 0.3) is 11.0 Å². The molecule has 112 valence electrons. The molecule has 21 heavy (non-hydrogen) atoms. The van der Waals surface area contributed by atoms with Crippen LogP contribution in [0.5, 0.6) is 0 Å². The largest absolute Gasteiger partial charge is 0.466 e. The highest BCUT2D eigenvalue weighted by atomic mass is 16.5. The van der Waals surface area contributed by atoms with E-state index < -0.39 is 5.97 Å². The highest BCUT2D eigenvalue weighted by Crippen LogP contribution is 2.17. The third-order valence-corrected chi connectivity index (χ3v) is 2.81. The van der Waals surface area contributed by atoms with Crippen LogP contribution in [0.4, 0.5) is 0 Å². The van der Waals surface area contributed by atoms with Crippen molar-refractivity contribution in [2.75, 3.05) is 13.2 Å². The summed E-state index contributed by atoms with van der Waals surface area (Å²) in [5.41, 5.74) is 0.758. The predicted molar refractivity (Wildman–Crippen MR) is 74.7 cm³/mol. The SMILES string of the molecule is CCOC(=O)CCn1nc(C(=O)OCC)c2cccnc21. The molecule has 0 aliphatic carbocycles. The number of ether oxygens (including phenoxy) is 2. The first-order valence-electron chi connectivity index (χ1n) is 6.81. The zero-order valence-corrected chi connectivity index (χ0v) is 12.0. The van der Waals surface area contributed by atoms with Crippen molar-refractivity contribution in [3.05, 3.63) is 24.0 Å². The van der Waals surface area contributed by atoms with Crippen LogP contribution in [0.2, 0.25) is 0 Å². The summed E-state index contributed by atoms with van der Waals surface area (Å²) in [5.74, 6) is -0.805. The van der Waals surface area contributed by atoms with Gasteiger partial charge < -0.3 is 9.47 Å². The van der Waals surface area contributed by atoms with Gasteiger partial charge in [0.1, 0.15) is 0 Å². The normalized spacial score (nSPS) is 10.6. The van der Waals surface area contributed by atoms with Gasteiger partial charge in [-0.05, 0) is 26.0 Å². The Morgan fingerprint density at radius 3 is 2.71 bits per heavy atom. The maximum Gasteiger partial charge on any atom is 0.359 e.